The van der Waals surface area contributed by atoms with Crippen LogP contribution in [0.1, 0.15) is 26.0 Å². The van der Waals surface area contributed by atoms with E-state index < -0.39 is 11.9 Å². The zero-order valence-corrected chi connectivity index (χ0v) is 13.8. The second-order valence-electron chi connectivity index (χ2n) is 6.23. The summed E-state index contributed by atoms with van der Waals surface area (Å²) in [6, 6.07) is -0.189. The van der Waals surface area contributed by atoms with Crippen molar-refractivity contribution in [2.45, 2.75) is 38.8 Å². The largest absolute Gasteiger partial charge is 0.389 e. The molecule has 2 atom stereocenters. The van der Waals surface area contributed by atoms with E-state index in [-0.39, 0.29) is 23.2 Å². The molecule has 0 aromatic carbocycles. The number of fused-ring (bicyclic) bond motifs is 1. The molecule has 2 aromatic heterocycles. The zero-order chi connectivity index (χ0) is 16.6. The number of hydrogen-bond acceptors (Lipinski definition) is 5. The predicted molar refractivity (Wildman–Crippen MR) is 85.4 cm³/mol. The maximum atomic E-state index is 14.2. The second kappa shape index (κ2) is 6.59. The minimum Gasteiger partial charge on any atom is -0.389 e. The van der Waals surface area contributed by atoms with Crippen LogP contribution in [0.4, 0.5) is 10.3 Å². The van der Waals surface area contributed by atoms with E-state index in [2.05, 4.69) is 15.4 Å². The summed E-state index contributed by atoms with van der Waals surface area (Å²) in [6.07, 6.45) is 2.05. The van der Waals surface area contributed by atoms with Crippen LogP contribution < -0.4 is 5.32 Å². The first-order valence-corrected chi connectivity index (χ1v) is 8.09. The highest BCUT2D eigenvalue weighted by atomic mass is 35.5. The summed E-state index contributed by atoms with van der Waals surface area (Å²) in [5, 5.41) is 17.5. The number of hydrogen-bond donors (Lipinski definition) is 2. The molecule has 3 heterocycles. The molecule has 0 spiro atoms. The molecule has 3 rings (SSSR count). The van der Waals surface area contributed by atoms with Crippen LogP contribution in [-0.4, -0.2) is 45.1 Å². The van der Waals surface area contributed by atoms with Crippen LogP contribution in [0, 0.1) is 11.7 Å². The molecule has 23 heavy (non-hydrogen) atoms. The Kier molecular flexibility index (Phi) is 4.70. The van der Waals surface area contributed by atoms with Crippen molar-refractivity contribution in [3.05, 3.63) is 22.7 Å². The van der Waals surface area contributed by atoms with Gasteiger partial charge in [-0.05, 0) is 18.8 Å². The lowest BCUT2D eigenvalue weighted by atomic mass is 10.1. The van der Waals surface area contributed by atoms with Gasteiger partial charge in [-0.1, -0.05) is 25.4 Å². The monoisotopic (exact) mass is 342 g/mol. The zero-order valence-electron chi connectivity index (χ0n) is 13.1. The molecule has 1 saturated heterocycles. The summed E-state index contributed by atoms with van der Waals surface area (Å²) in [7, 11) is 0. The quantitative estimate of drug-likeness (QED) is 0.892. The molecule has 1 aliphatic heterocycles. The van der Waals surface area contributed by atoms with Crippen LogP contribution in [0.2, 0.25) is 5.02 Å². The molecule has 0 amide bonds. The molecule has 2 N–H and O–H groups in total. The van der Waals surface area contributed by atoms with Gasteiger partial charge in [0.05, 0.1) is 30.6 Å². The van der Waals surface area contributed by atoms with Gasteiger partial charge in [-0.2, -0.15) is 0 Å². The Bertz CT molecular complexity index is 706. The maximum absolute atomic E-state index is 14.2. The molecule has 6 nitrogen and oxygen atoms in total. The number of anilines is 1. The molecule has 0 bridgehead atoms. The third-order valence-corrected chi connectivity index (χ3v) is 4.29. The first-order chi connectivity index (χ1) is 11.0. The third-order valence-electron chi connectivity index (χ3n) is 3.90. The van der Waals surface area contributed by atoms with Gasteiger partial charge in [0.15, 0.2) is 5.82 Å². The number of aliphatic hydroxyl groups excluding tert-OH is 1. The van der Waals surface area contributed by atoms with Crippen LogP contribution in [0.25, 0.3) is 5.52 Å². The van der Waals surface area contributed by atoms with E-state index >= 15 is 0 Å². The molecule has 0 radical (unpaired) electrons. The first kappa shape index (κ1) is 16.4. The van der Waals surface area contributed by atoms with Crippen LogP contribution in [-0.2, 0) is 11.2 Å². The van der Waals surface area contributed by atoms with Crippen molar-refractivity contribution in [2.24, 2.45) is 5.92 Å². The Hall–Kier alpha value is -1.44. The standard InChI is InChI=1S/C15H20ClFN4O2/c1-8(2)5-10-13(16)14(17)11-6-18-15(20-21(10)11)19-9-3-4-23-7-12(9)22/h6,8-9,12,22H,3-5,7H2,1-2H3,(H,19,20)/t9-,12-/m1/s1. The van der Waals surface area contributed by atoms with Crippen molar-refractivity contribution in [3.8, 4) is 0 Å². The van der Waals surface area contributed by atoms with Gasteiger partial charge in [-0.3, -0.25) is 0 Å². The highest BCUT2D eigenvalue weighted by Crippen LogP contribution is 2.28. The Morgan fingerprint density at radius 3 is 3.04 bits per heavy atom. The minimum absolute atomic E-state index is 0.0938. The fourth-order valence-corrected chi connectivity index (χ4v) is 2.98. The predicted octanol–water partition coefficient (Wildman–Crippen LogP) is 2.28. The van der Waals surface area contributed by atoms with Crippen molar-refractivity contribution in [1.29, 1.82) is 0 Å². The summed E-state index contributed by atoms with van der Waals surface area (Å²) >= 11 is 6.11. The van der Waals surface area contributed by atoms with Crippen molar-refractivity contribution in [2.75, 3.05) is 18.5 Å². The number of ether oxygens (including phenoxy) is 1. The van der Waals surface area contributed by atoms with Gasteiger partial charge in [0.1, 0.15) is 10.5 Å². The van der Waals surface area contributed by atoms with E-state index in [4.69, 9.17) is 16.3 Å². The number of rotatable bonds is 4. The molecule has 0 aliphatic carbocycles. The fraction of sp³-hybridized carbons (Fsp3) is 0.600. The van der Waals surface area contributed by atoms with Crippen molar-refractivity contribution in [3.63, 3.8) is 0 Å². The first-order valence-electron chi connectivity index (χ1n) is 7.71. The second-order valence-corrected chi connectivity index (χ2v) is 6.61. The molecule has 2 aromatic rings. The van der Waals surface area contributed by atoms with Gasteiger partial charge < -0.3 is 15.2 Å². The van der Waals surface area contributed by atoms with E-state index in [1.54, 1.807) is 0 Å². The summed E-state index contributed by atoms with van der Waals surface area (Å²) in [5.41, 5.74) is 0.885. The molecular formula is C15H20ClFN4O2. The van der Waals surface area contributed by atoms with Crippen molar-refractivity contribution in [1.82, 2.24) is 14.6 Å². The summed E-state index contributed by atoms with van der Waals surface area (Å²) in [5.74, 6) is 0.147. The minimum atomic E-state index is -0.622. The normalized spacial score (nSPS) is 22.0. The molecule has 126 valence electrons. The maximum Gasteiger partial charge on any atom is 0.241 e. The van der Waals surface area contributed by atoms with Crippen molar-refractivity contribution >= 4 is 23.1 Å². The smallest absolute Gasteiger partial charge is 0.241 e. The Morgan fingerprint density at radius 1 is 1.57 bits per heavy atom. The van der Waals surface area contributed by atoms with Gasteiger partial charge in [-0.15, -0.1) is 5.10 Å². The lowest BCUT2D eigenvalue weighted by Crippen LogP contribution is -2.42. The van der Waals surface area contributed by atoms with Gasteiger partial charge >= 0.3 is 0 Å². The van der Waals surface area contributed by atoms with Gasteiger partial charge in [-0.25, -0.2) is 13.9 Å². The number of nitrogens with one attached hydrogen (secondary N) is 1. The van der Waals surface area contributed by atoms with Crippen LogP contribution in [0.3, 0.4) is 0 Å². The molecule has 0 unspecified atom stereocenters. The lowest BCUT2D eigenvalue weighted by molar-refractivity contribution is -0.0136. The summed E-state index contributed by atoms with van der Waals surface area (Å²) < 4.78 is 20.9. The van der Waals surface area contributed by atoms with Gasteiger partial charge in [0, 0.05) is 6.61 Å². The molecule has 0 saturated carbocycles. The number of aromatic nitrogens is 3. The van der Waals surface area contributed by atoms with Crippen LogP contribution in [0.15, 0.2) is 6.20 Å². The highest BCUT2D eigenvalue weighted by Gasteiger charge is 2.25. The lowest BCUT2D eigenvalue weighted by Gasteiger charge is -2.28. The summed E-state index contributed by atoms with van der Waals surface area (Å²) in [6.45, 7) is 4.92. The fourth-order valence-electron chi connectivity index (χ4n) is 2.72. The van der Waals surface area contributed by atoms with Gasteiger partial charge in [0.25, 0.3) is 0 Å². The van der Waals surface area contributed by atoms with E-state index in [0.717, 1.165) is 0 Å². The van der Waals surface area contributed by atoms with E-state index in [9.17, 15) is 9.50 Å². The van der Waals surface area contributed by atoms with Crippen LogP contribution >= 0.6 is 11.6 Å². The molecule has 1 aliphatic rings. The van der Waals surface area contributed by atoms with Crippen molar-refractivity contribution < 1.29 is 14.2 Å². The van der Waals surface area contributed by atoms with Gasteiger partial charge in [0.2, 0.25) is 5.95 Å². The Morgan fingerprint density at radius 2 is 2.35 bits per heavy atom. The number of nitrogens with zero attached hydrogens (tertiary/aromatic N) is 3. The van der Waals surface area contributed by atoms with E-state index in [1.807, 2.05) is 13.8 Å². The molecule has 8 heteroatoms. The average Bonchev–Trinajstić information content (AvgIpc) is 2.74. The Balaban J connectivity index is 1.94. The average molecular weight is 343 g/mol. The third kappa shape index (κ3) is 3.27. The van der Waals surface area contributed by atoms with E-state index in [0.29, 0.717) is 37.0 Å². The molecule has 1 fully saturated rings. The highest BCUT2D eigenvalue weighted by molar-refractivity contribution is 6.32. The Labute approximate surface area is 138 Å². The topological polar surface area (TPSA) is 71.7 Å². The van der Waals surface area contributed by atoms with Crippen LogP contribution in [0.5, 0.6) is 0 Å². The number of aliphatic hydroxyl groups is 1. The summed E-state index contributed by atoms with van der Waals surface area (Å²) in [4.78, 5) is 4.14. The number of halogens is 2. The van der Waals surface area contributed by atoms with E-state index in [1.165, 1.54) is 10.7 Å². The SMILES string of the molecule is CC(C)Cc1c(Cl)c(F)c2cnc(N[C@@H]3CCOC[C@H]3O)nn12. The molecular weight excluding hydrogens is 323 g/mol.